The Hall–Kier alpha value is -2.57. The van der Waals surface area contributed by atoms with Crippen LogP contribution in [0.4, 0.5) is 5.82 Å². The number of nitrogens with one attached hydrogen (secondary N) is 2. The summed E-state index contributed by atoms with van der Waals surface area (Å²) in [6.45, 7) is 1.69. The molecule has 1 fully saturated rings. The van der Waals surface area contributed by atoms with Crippen molar-refractivity contribution in [3.8, 4) is 0 Å². The van der Waals surface area contributed by atoms with Gasteiger partial charge in [0.25, 0.3) is 5.91 Å². The van der Waals surface area contributed by atoms with Crippen LogP contribution >= 0.6 is 0 Å². The largest absolute Gasteiger partial charge is 0.355 e. The maximum Gasteiger partial charge on any atom is 0.268 e. The lowest BCUT2D eigenvalue weighted by Crippen LogP contribution is -2.48. The number of piperidine rings is 1. The highest BCUT2D eigenvalue weighted by molar-refractivity contribution is 5.92. The van der Waals surface area contributed by atoms with Crippen LogP contribution in [0, 0.1) is 0 Å². The minimum atomic E-state index is -0.271. The fourth-order valence-corrected chi connectivity index (χ4v) is 2.82. The van der Waals surface area contributed by atoms with Crippen molar-refractivity contribution in [2.24, 2.45) is 7.05 Å². The van der Waals surface area contributed by atoms with Gasteiger partial charge >= 0.3 is 0 Å². The average Bonchev–Trinajstić information content (AvgIpc) is 2.94. The Morgan fingerprint density at radius 1 is 1.41 bits per heavy atom. The van der Waals surface area contributed by atoms with Crippen molar-refractivity contribution in [3.63, 3.8) is 0 Å². The zero-order valence-electron chi connectivity index (χ0n) is 12.5. The molecule has 1 aliphatic rings. The van der Waals surface area contributed by atoms with E-state index in [0.717, 1.165) is 31.7 Å². The van der Waals surface area contributed by atoms with Gasteiger partial charge in [0.05, 0.1) is 6.20 Å². The molecule has 2 aromatic rings. The van der Waals surface area contributed by atoms with E-state index in [9.17, 15) is 9.59 Å². The van der Waals surface area contributed by atoms with E-state index in [-0.39, 0.29) is 17.5 Å². The number of aryl methyl sites for hydroxylation is 1. The molecule has 0 aromatic carbocycles. The fourth-order valence-electron chi connectivity index (χ4n) is 2.82. The van der Waals surface area contributed by atoms with Crippen molar-refractivity contribution in [1.82, 2.24) is 20.1 Å². The van der Waals surface area contributed by atoms with Gasteiger partial charge in [-0.2, -0.15) is 5.10 Å². The summed E-state index contributed by atoms with van der Waals surface area (Å²) >= 11 is 0. The molecule has 1 saturated heterocycles. The number of hydrogen-bond donors (Lipinski definition) is 2. The van der Waals surface area contributed by atoms with Crippen molar-refractivity contribution in [2.75, 3.05) is 18.0 Å². The smallest absolute Gasteiger partial charge is 0.268 e. The fraction of sp³-hybridized carbons (Fsp3) is 0.400. The predicted molar refractivity (Wildman–Crippen MR) is 83.0 cm³/mol. The van der Waals surface area contributed by atoms with Crippen molar-refractivity contribution in [1.29, 1.82) is 0 Å². The van der Waals surface area contributed by atoms with E-state index < -0.39 is 0 Å². The van der Waals surface area contributed by atoms with Gasteiger partial charge in [-0.05, 0) is 18.9 Å². The Balaban J connectivity index is 1.67. The van der Waals surface area contributed by atoms with Crippen LogP contribution in [-0.2, 0) is 7.05 Å². The summed E-state index contributed by atoms with van der Waals surface area (Å²) in [5, 5.41) is 7.18. The highest BCUT2D eigenvalue weighted by Gasteiger charge is 2.23. The number of hydrogen-bond acceptors (Lipinski definition) is 4. The summed E-state index contributed by atoms with van der Waals surface area (Å²) in [6, 6.07) is 6.61. The minimum absolute atomic E-state index is 0.0554. The Morgan fingerprint density at radius 3 is 3.00 bits per heavy atom. The third-order valence-electron chi connectivity index (χ3n) is 3.89. The van der Waals surface area contributed by atoms with Gasteiger partial charge in [-0.3, -0.25) is 14.3 Å². The molecule has 7 nitrogen and oxygen atoms in total. The van der Waals surface area contributed by atoms with Crippen LogP contribution in [0.3, 0.4) is 0 Å². The Kier molecular flexibility index (Phi) is 3.95. The molecule has 3 rings (SSSR count). The highest BCUT2D eigenvalue weighted by Crippen LogP contribution is 2.18. The number of carbonyl (C=O) groups is 1. The standard InChI is InChI=1S/C15H19N5O2/c1-19-14(7-8-16-19)20-9-3-4-11(10-20)17-15(22)12-5-2-6-13(21)18-12/h2,5-8,11H,3-4,9-10H2,1H3,(H,17,22)(H,18,21). The van der Waals surface area contributed by atoms with Crippen LogP contribution in [0.5, 0.6) is 0 Å². The van der Waals surface area contributed by atoms with Gasteiger partial charge in [0.15, 0.2) is 0 Å². The molecule has 22 heavy (non-hydrogen) atoms. The summed E-state index contributed by atoms with van der Waals surface area (Å²) in [5.41, 5.74) is 0.0259. The normalized spacial score (nSPS) is 18.2. The summed E-state index contributed by atoms with van der Waals surface area (Å²) in [7, 11) is 1.91. The van der Waals surface area contributed by atoms with Crippen LogP contribution < -0.4 is 15.8 Å². The van der Waals surface area contributed by atoms with Gasteiger partial charge in [-0.15, -0.1) is 0 Å². The first-order valence-electron chi connectivity index (χ1n) is 7.36. The first-order chi connectivity index (χ1) is 10.6. The maximum atomic E-state index is 12.2. The molecule has 1 amide bonds. The van der Waals surface area contributed by atoms with Gasteiger partial charge in [0.1, 0.15) is 11.5 Å². The number of anilines is 1. The molecule has 1 atom stereocenters. The first kappa shape index (κ1) is 14.4. The molecule has 3 heterocycles. The molecular formula is C15H19N5O2. The number of aromatic nitrogens is 3. The lowest BCUT2D eigenvalue weighted by molar-refractivity contribution is 0.0928. The Morgan fingerprint density at radius 2 is 2.27 bits per heavy atom. The quantitative estimate of drug-likeness (QED) is 0.865. The third-order valence-corrected chi connectivity index (χ3v) is 3.89. The van der Waals surface area contributed by atoms with Gasteiger partial charge in [-0.1, -0.05) is 6.07 Å². The number of aromatic amines is 1. The molecule has 0 saturated carbocycles. The Labute approximate surface area is 127 Å². The highest BCUT2D eigenvalue weighted by atomic mass is 16.2. The summed E-state index contributed by atoms with van der Waals surface area (Å²) < 4.78 is 1.83. The SMILES string of the molecule is Cn1nccc1N1CCCC(NC(=O)c2cccc(=O)[nH]2)C1. The second-order valence-electron chi connectivity index (χ2n) is 5.50. The van der Waals surface area contributed by atoms with Crippen LogP contribution in [0.1, 0.15) is 23.3 Å². The molecular weight excluding hydrogens is 282 g/mol. The zero-order valence-corrected chi connectivity index (χ0v) is 12.5. The number of nitrogens with zero attached hydrogens (tertiary/aromatic N) is 3. The van der Waals surface area contributed by atoms with Gasteiger partial charge in [0.2, 0.25) is 5.56 Å². The van der Waals surface area contributed by atoms with E-state index in [2.05, 4.69) is 20.3 Å². The molecule has 0 bridgehead atoms. The van der Waals surface area contributed by atoms with E-state index >= 15 is 0 Å². The number of rotatable bonds is 3. The van der Waals surface area contributed by atoms with E-state index in [1.165, 1.54) is 6.07 Å². The van der Waals surface area contributed by atoms with Crippen LogP contribution in [0.2, 0.25) is 0 Å². The molecule has 2 aromatic heterocycles. The van der Waals surface area contributed by atoms with Crippen molar-refractivity contribution in [3.05, 3.63) is 46.5 Å². The average molecular weight is 301 g/mol. The molecule has 116 valence electrons. The zero-order chi connectivity index (χ0) is 15.5. The molecule has 7 heteroatoms. The number of H-pyrrole nitrogens is 1. The molecule has 0 spiro atoms. The number of amides is 1. The number of pyridine rings is 1. The Bertz CT molecular complexity index is 720. The number of carbonyl (C=O) groups excluding carboxylic acids is 1. The van der Waals surface area contributed by atoms with E-state index in [4.69, 9.17) is 0 Å². The van der Waals surface area contributed by atoms with E-state index in [1.807, 2.05) is 17.8 Å². The minimum Gasteiger partial charge on any atom is -0.355 e. The van der Waals surface area contributed by atoms with Crippen molar-refractivity contribution in [2.45, 2.75) is 18.9 Å². The van der Waals surface area contributed by atoms with Crippen molar-refractivity contribution < 1.29 is 4.79 Å². The second kappa shape index (κ2) is 6.05. The summed E-state index contributed by atoms with van der Waals surface area (Å²) in [6.07, 6.45) is 3.70. The molecule has 2 N–H and O–H groups in total. The molecule has 0 radical (unpaired) electrons. The summed E-state index contributed by atoms with van der Waals surface area (Å²) in [4.78, 5) is 28.3. The van der Waals surface area contributed by atoms with Crippen LogP contribution in [-0.4, -0.2) is 39.8 Å². The molecule has 0 aliphatic carbocycles. The second-order valence-corrected chi connectivity index (χ2v) is 5.50. The lowest BCUT2D eigenvalue weighted by Gasteiger charge is -2.34. The predicted octanol–water partition coefficient (Wildman–Crippen LogP) is 0.507. The first-order valence-corrected chi connectivity index (χ1v) is 7.36. The van der Waals surface area contributed by atoms with Crippen LogP contribution in [0.15, 0.2) is 35.3 Å². The van der Waals surface area contributed by atoms with E-state index in [1.54, 1.807) is 18.3 Å². The van der Waals surface area contributed by atoms with E-state index in [0.29, 0.717) is 5.69 Å². The van der Waals surface area contributed by atoms with Gasteiger partial charge in [-0.25, -0.2) is 0 Å². The third kappa shape index (κ3) is 3.03. The topological polar surface area (TPSA) is 83.0 Å². The van der Waals surface area contributed by atoms with Gasteiger partial charge in [0, 0.05) is 38.3 Å². The molecule has 1 aliphatic heterocycles. The summed E-state index contributed by atoms with van der Waals surface area (Å²) in [5.74, 6) is 0.807. The molecule has 1 unspecified atom stereocenters. The monoisotopic (exact) mass is 301 g/mol. The lowest BCUT2D eigenvalue weighted by atomic mass is 10.1. The van der Waals surface area contributed by atoms with Crippen molar-refractivity contribution >= 4 is 11.7 Å². The maximum absolute atomic E-state index is 12.2. The van der Waals surface area contributed by atoms with Crippen LogP contribution in [0.25, 0.3) is 0 Å². The van der Waals surface area contributed by atoms with Gasteiger partial charge < -0.3 is 15.2 Å².